The molecule has 0 unspecified atom stereocenters. The molecule has 0 aliphatic heterocycles. The van der Waals surface area contributed by atoms with Crippen LogP contribution in [0.25, 0.3) is 21.2 Å². The van der Waals surface area contributed by atoms with Gasteiger partial charge in [0.15, 0.2) is 6.10 Å². The minimum atomic E-state index is -0.920. The van der Waals surface area contributed by atoms with Crippen LogP contribution in [0.15, 0.2) is 84.9 Å². The van der Waals surface area contributed by atoms with Crippen molar-refractivity contribution in [2.75, 3.05) is 5.32 Å². The van der Waals surface area contributed by atoms with Crippen LogP contribution in [0, 0.1) is 0 Å². The third-order valence-corrected chi connectivity index (χ3v) is 5.65. The van der Waals surface area contributed by atoms with E-state index in [1.807, 2.05) is 78.9 Å². The maximum atomic E-state index is 12.6. The van der Waals surface area contributed by atoms with E-state index in [1.165, 1.54) is 11.3 Å². The van der Waals surface area contributed by atoms with Gasteiger partial charge in [-0.1, -0.05) is 66.7 Å². The number of carbonyl (C=O) groups is 2. The highest BCUT2D eigenvalue weighted by Crippen LogP contribution is 2.28. The number of nitrogens with one attached hydrogen (secondary N) is 1. The molecular weight excluding hydrogens is 382 g/mol. The van der Waals surface area contributed by atoms with Crippen molar-refractivity contribution in [3.8, 4) is 11.1 Å². The lowest BCUT2D eigenvalue weighted by Gasteiger charge is -2.15. The van der Waals surface area contributed by atoms with Gasteiger partial charge in [-0.15, -0.1) is 11.3 Å². The van der Waals surface area contributed by atoms with Crippen molar-refractivity contribution in [3.63, 3.8) is 0 Å². The second kappa shape index (κ2) is 8.29. The normalized spacial score (nSPS) is 11.8. The molecule has 29 heavy (non-hydrogen) atoms. The number of hydrogen-bond donors (Lipinski definition) is 1. The molecule has 1 heterocycles. The fourth-order valence-corrected chi connectivity index (χ4v) is 4.00. The minimum Gasteiger partial charge on any atom is -0.448 e. The summed E-state index contributed by atoms with van der Waals surface area (Å²) >= 11 is 1.36. The van der Waals surface area contributed by atoms with Crippen molar-refractivity contribution in [1.29, 1.82) is 0 Å². The molecule has 0 aliphatic carbocycles. The quantitative estimate of drug-likeness (QED) is 0.433. The van der Waals surface area contributed by atoms with Gasteiger partial charge in [-0.25, -0.2) is 4.79 Å². The van der Waals surface area contributed by atoms with Gasteiger partial charge in [-0.3, -0.25) is 4.79 Å². The van der Waals surface area contributed by atoms with Gasteiger partial charge in [0.2, 0.25) is 0 Å². The number of anilines is 1. The zero-order valence-electron chi connectivity index (χ0n) is 15.8. The van der Waals surface area contributed by atoms with E-state index in [0.29, 0.717) is 10.6 Å². The van der Waals surface area contributed by atoms with Crippen LogP contribution in [-0.4, -0.2) is 18.0 Å². The Balaban J connectivity index is 1.47. The van der Waals surface area contributed by atoms with Crippen LogP contribution in [0.4, 0.5) is 5.69 Å². The molecular formula is C24H19NO3S. The Morgan fingerprint density at radius 1 is 0.897 bits per heavy atom. The van der Waals surface area contributed by atoms with E-state index >= 15 is 0 Å². The van der Waals surface area contributed by atoms with E-state index in [2.05, 4.69) is 5.32 Å². The van der Waals surface area contributed by atoms with Crippen molar-refractivity contribution in [2.24, 2.45) is 0 Å². The van der Waals surface area contributed by atoms with E-state index in [9.17, 15) is 9.59 Å². The number of esters is 1. The first-order valence-corrected chi connectivity index (χ1v) is 10.1. The number of para-hydroxylation sites is 1. The number of hydrogen-bond acceptors (Lipinski definition) is 4. The average molecular weight is 401 g/mol. The summed E-state index contributed by atoms with van der Waals surface area (Å²) in [4.78, 5) is 25.6. The fraction of sp³-hybridized carbons (Fsp3) is 0.0833. The molecule has 0 aliphatic rings. The van der Waals surface area contributed by atoms with Crippen LogP contribution in [-0.2, 0) is 9.53 Å². The molecule has 0 saturated heterocycles. The van der Waals surface area contributed by atoms with Crippen LogP contribution in [0.1, 0.15) is 16.6 Å². The molecule has 0 bridgehead atoms. The maximum Gasteiger partial charge on any atom is 0.349 e. The Hall–Kier alpha value is -3.44. The Bertz CT molecular complexity index is 1130. The Kier molecular flexibility index (Phi) is 5.40. The second-order valence-electron chi connectivity index (χ2n) is 6.60. The lowest BCUT2D eigenvalue weighted by molar-refractivity contribution is -0.123. The highest BCUT2D eigenvalue weighted by Gasteiger charge is 2.21. The predicted molar refractivity (Wildman–Crippen MR) is 117 cm³/mol. The summed E-state index contributed by atoms with van der Waals surface area (Å²) in [7, 11) is 0. The minimum absolute atomic E-state index is 0.372. The van der Waals surface area contributed by atoms with Crippen LogP contribution >= 0.6 is 11.3 Å². The van der Waals surface area contributed by atoms with Gasteiger partial charge in [0.1, 0.15) is 4.88 Å². The molecule has 1 atom stereocenters. The first kappa shape index (κ1) is 18.9. The summed E-state index contributed by atoms with van der Waals surface area (Å²) in [5, 5.41) is 3.86. The number of carbonyl (C=O) groups excluding carboxylic acids is 2. The van der Waals surface area contributed by atoms with Gasteiger partial charge in [0.05, 0.1) is 0 Å². The second-order valence-corrected chi connectivity index (χ2v) is 7.68. The van der Waals surface area contributed by atoms with E-state index in [4.69, 9.17) is 4.74 Å². The first-order chi connectivity index (χ1) is 14.1. The standard InChI is InChI=1S/C24H19NO3S/c1-16(28-24(27)22-15-18-11-5-8-14-21(18)29-22)23(26)25-20-13-7-6-12-19(20)17-9-3-2-4-10-17/h2-16H,1H3,(H,25,26)/t16-/m0/s1. The molecule has 1 aromatic heterocycles. The van der Waals surface area contributed by atoms with Crippen molar-refractivity contribution in [1.82, 2.24) is 0 Å². The molecule has 1 N–H and O–H groups in total. The maximum absolute atomic E-state index is 12.6. The Morgan fingerprint density at radius 3 is 2.38 bits per heavy atom. The number of thiophene rings is 1. The van der Waals surface area contributed by atoms with Crippen LogP contribution in [0.2, 0.25) is 0 Å². The SMILES string of the molecule is C[C@H](OC(=O)c1cc2ccccc2s1)C(=O)Nc1ccccc1-c1ccccc1. The Labute approximate surface area is 172 Å². The summed E-state index contributed by atoms with van der Waals surface area (Å²) in [6.07, 6.45) is -0.920. The first-order valence-electron chi connectivity index (χ1n) is 9.27. The van der Waals surface area contributed by atoms with Crippen LogP contribution < -0.4 is 5.32 Å². The molecule has 0 saturated carbocycles. The van der Waals surface area contributed by atoms with E-state index in [-0.39, 0.29) is 5.91 Å². The van der Waals surface area contributed by atoms with E-state index in [1.54, 1.807) is 13.0 Å². The number of amides is 1. The van der Waals surface area contributed by atoms with Crippen molar-refractivity contribution >= 4 is 39.0 Å². The van der Waals surface area contributed by atoms with Crippen molar-refractivity contribution < 1.29 is 14.3 Å². The number of ether oxygens (including phenoxy) is 1. The van der Waals surface area contributed by atoms with Gasteiger partial charge in [0, 0.05) is 16.0 Å². The third-order valence-electron chi connectivity index (χ3n) is 4.55. The van der Waals surface area contributed by atoms with Gasteiger partial charge in [0.25, 0.3) is 5.91 Å². The highest BCUT2D eigenvalue weighted by molar-refractivity contribution is 7.20. The topological polar surface area (TPSA) is 55.4 Å². The van der Waals surface area contributed by atoms with Gasteiger partial charge < -0.3 is 10.1 Å². The van der Waals surface area contributed by atoms with E-state index < -0.39 is 12.1 Å². The Morgan fingerprint density at radius 2 is 1.59 bits per heavy atom. The summed E-state index contributed by atoms with van der Waals surface area (Å²) in [6.45, 7) is 1.58. The summed E-state index contributed by atoms with van der Waals surface area (Å²) in [5.74, 6) is -0.868. The fourth-order valence-electron chi connectivity index (χ4n) is 3.05. The lowest BCUT2D eigenvalue weighted by Crippen LogP contribution is -2.30. The van der Waals surface area contributed by atoms with Crippen molar-refractivity contribution in [3.05, 3.63) is 89.8 Å². The molecule has 144 valence electrons. The summed E-state index contributed by atoms with van der Waals surface area (Å²) < 4.78 is 6.41. The third kappa shape index (κ3) is 4.20. The molecule has 5 heteroatoms. The van der Waals surface area contributed by atoms with Crippen molar-refractivity contribution in [2.45, 2.75) is 13.0 Å². The predicted octanol–water partition coefficient (Wildman–Crippen LogP) is 5.75. The lowest BCUT2D eigenvalue weighted by atomic mass is 10.0. The van der Waals surface area contributed by atoms with Gasteiger partial charge >= 0.3 is 5.97 Å². The molecule has 4 nitrogen and oxygen atoms in total. The number of rotatable bonds is 5. The smallest absolute Gasteiger partial charge is 0.349 e. The van der Waals surface area contributed by atoms with Crippen LogP contribution in [0.3, 0.4) is 0 Å². The zero-order chi connectivity index (χ0) is 20.2. The molecule has 4 rings (SSSR count). The van der Waals surface area contributed by atoms with Gasteiger partial charge in [-0.2, -0.15) is 0 Å². The molecule has 0 fully saturated rings. The molecule has 4 aromatic rings. The number of benzene rings is 3. The zero-order valence-corrected chi connectivity index (χ0v) is 16.6. The van der Waals surface area contributed by atoms with Gasteiger partial charge in [-0.05, 0) is 36.1 Å². The molecule has 3 aromatic carbocycles. The molecule has 0 spiro atoms. The average Bonchev–Trinajstić information content (AvgIpc) is 3.19. The van der Waals surface area contributed by atoms with Crippen LogP contribution in [0.5, 0.6) is 0 Å². The summed E-state index contributed by atoms with van der Waals surface area (Å²) in [5.41, 5.74) is 2.58. The largest absolute Gasteiger partial charge is 0.448 e. The summed E-state index contributed by atoms with van der Waals surface area (Å²) in [6, 6.07) is 26.9. The monoisotopic (exact) mass is 401 g/mol. The number of fused-ring (bicyclic) bond motifs is 1. The molecule has 1 amide bonds. The highest BCUT2D eigenvalue weighted by atomic mass is 32.1. The molecule has 0 radical (unpaired) electrons. The van der Waals surface area contributed by atoms with E-state index in [0.717, 1.165) is 21.2 Å².